The summed E-state index contributed by atoms with van der Waals surface area (Å²) >= 11 is 6.31. The third kappa shape index (κ3) is 4.34. The highest BCUT2D eigenvalue weighted by molar-refractivity contribution is 6.31. The third-order valence-electron chi connectivity index (χ3n) is 6.68. The highest BCUT2D eigenvalue weighted by Crippen LogP contribution is 2.32. The number of aromatic nitrogens is 3. The Morgan fingerprint density at radius 3 is 2.86 bits per heavy atom. The van der Waals surface area contributed by atoms with E-state index < -0.39 is 18.1 Å². The topological polar surface area (TPSA) is 83.2 Å². The van der Waals surface area contributed by atoms with Gasteiger partial charge < -0.3 is 14.7 Å². The smallest absolute Gasteiger partial charge is 0.258 e. The summed E-state index contributed by atoms with van der Waals surface area (Å²) in [5.74, 6) is -0.903. The van der Waals surface area contributed by atoms with Crippen molar-refractivity contribution in [3.05, 3.63) is 57.2 Å². The molecule has 2 aliphatic heterocycles. The van der Waals surface area contributed by atoms with E-state index >= 15 is 0 Å². The summed E-state index contributed by atoms with van der Waals surface area (Å²) in [7, 11) is 0. The van der Waals surface area contributed by atoms with Crippen molar-refractivity contribution in [3.63, 3.8) is 0 Å². The molecular weight excluding hydrogens is 480 g/mol. The minimum Gasteiger partial charge on any atom is -0.486 e. The first-order valence-electron chi connectivity index (χ1n) is 11.5. The summed E-state index contributed by atoms with van der Waals surface area (Å²) in [5, 5.41) is 14.2. The quantitative estimate of drug-likeness (QED) is 0.574. The van der Waals surface area contributed by atoms with Crippen molar-refractivity contribution in [2.24, 2.45) is 0 Å². The molecule has 0 radical (unpaired) electrons. The molecule has 8 nitrogen and oxygen atoms in total. The van der Waals surface area contributed by atoms with E-state index in [0.29, 0.717) is 35.9 Å². The highest BCUT2D eigenvalue weighted by atomic mass is 35.5. The molecule has 0 saturated carbocycles. The molecule has 11 heteroatoms. The largest absolute Gasteiger partial charge is 0.486 e. The number of hydrogen-bond donors (Lipinski definition) is 1. The van der Waals surface area contributed by atoms with Gasteiger partial charge in [-0.25, -0.2) is 18.3 Å². The summed E-state index contributed by atoms with van der Waals surface area (Å²) in [4.78, 5) is 21.4. The molecule has 1 amide bonds. The van der Waals surface area contributed by atoms with Crippen LogP contribution in [0.2, 0.25) is 5.02 Å². The lowest BCUT2D eigenvalue weighted by molar-refractivity contribution is 0.0158. The Morgan fingerprint density at radius 1 is 1.31 bits per heavy atom. The van der Waals surface area contributed by atoms with Crippen LogP contribution in [0.5, 0.6) is 5.75 Å². The van der Waals surface area contributed by atoms with Crippen LogP contribution >= 0.6 is 11.6 Å². The van der Waals surface area contributed by atoms with Crippen molar-refractivity contribution in [2.75, 3.05) is 26.2 Å². The van der Waals surface area contributed by atoms with E-state index in [1.807, 2.05) is 18.7 Å². The Kier molecular flexibility index (Phi) is 6.37. The molecule has 0 bridgehead atoms. The van der Waals surface area contributed by atoms with E-state index in [1.165, 1.54) is 12.1 Å². The van der Waals surface area contributed by atoms with Crippen molar-refractivity contribution < 1.29 is 23.4 Å². The number of β-amino-alcohol motifs (C(OH)–C–C–N with tert-alkyl or cyclic N) is 1. The molecule has 5 rings (SSSR count). The van der Waals surface area contributed by atoms with Crippen LogP contribution in [0.25, 0.3) is 5.65 Å². The summed E-state index contributed by atoms with van der Waals surface area (Å²) < 4.78 is 36.4. The van der Waals surface area contributed by atoms with Crippen LogP contribution in [0.4, 0.5) is 8.78 Å². The number of hydrogen-bond acceptors (Lipinski definition) is 6. The molecular formula is C24H26ClF2N5O3. The Labute approximate surface area is 206 Å². The van der Waals surface area contributed by atoms with Crippen molar-refractivity contribution in [2.45, 2.75) is 45.6 Å². The molecule has 0 spiro atoms. The molecule has 2 atom stereocenters. The first-order chi connectivity index (χ1) is 16.8. The maximum atomic E-state index is 14.8. The van der Waals surface area contributed by atoms with Crippen LogP contribution in [0, 0.1) is 19.7 Å². The number of alkyl halides is 1. The van der Waals surface area contributed by atoms with Gasteiger partial charge in [0.15, 0.2) is 5.65 Å². The molecule has 1 saturated heterocycles. The average molecular weight is 506 g/mol. The maximum absolute atomic E-state index is 14.8. The van der Waals surface area contributed by atoms with Gasteiger partial charge in [0, 0.05) is 31.3 Å². The van der Waals surface area contributed by atoms with Gasteiger partial charge in [-0.05, 0) is 32.4 Å². The molecule has 3 aromatic rings. The highest BCUT2D eigenvalue weighted by Gasteiger charge is 2.34. The zero-order chi connectivity index (χ0) is 24.9. The number of likely N-dealkylation sites (tertiary alicyclic amines) is 1. The van der Waals surface area contributed by atoms with Crippen LogP contribution in [-0.4, -0.2) is 73.9 Å². The Bertz CT molecular complexity index is 1300. The number of amides is 1. The van der Waals surface area contributed by atoms with Crippen LogP contribution in [0.1, 0.15) is 39.4 Å². The summed E-state index contributed by atoms with van der Waals surface area (Å²) in [6, 6.07) is 3.69. The maximum Gasteiger partial charge on any atom is 0.258 e. The van der Waals surface area contributed by atoms with Gasteiger partial charge in [0.05, 0.1) is 47.4 Å². The van der Waals surface area contributed by atoms with E-state index in [-0.39, 0.29) is 43.5 Å². The number of fused-ring (bicyclic) bond motifs is 3. The van der Waals surface area contributed by atoms with Gasteiger partial charge in [-0.1, -0.05) is 11.6 Å². The molecule has 186 valence electrons. The fourth-order valence-electron chi connectivity index (χ4n) is 4.78. The van der Waals surface area contributed by atoms with Gasteiger partial charge in [0.1, 0.15) is 23.8 Å². The Hall–Kier alpha value is -2.82. The molecule has 1 fully saturated rings. The monoisotopic (exact) mass is 505 g/mol. The predicted octanol–water partition coefficient (Wildman–Crippen LogP) is 3.08. The molecule has 35 heavy (non-hydrogen) atoms. The number of benzene rings is 1. The number of aliphatic hydroxyl groups is 1. The number of ether oxygens (including phenoxy) is 1. The molecule has 1 aromatic carbocycles. The lowest BCUT2D eigenvalue weighted by Gasteiger charge is -2.34. The molecule has 0 unspecified atom stereocenters. The second kappa shape index (κ2) is 9.33. The number of aliphatic hydroxyl groups excluding tert-OH is 1. The first kappa shape index (κ1) is 23.9. The molecule has 4 heterocycles. The number of rotatable bonds is 5. The van der Waals surface area contributed by atoms with E-state index in [9.17, 15) is 13.6 Å². The predicted molar refractivity (Wildman–Crippen MR) is 125 cm³/mol. The summed E-state index contributed by atoms with van der Waals surface area (Å²) in [6.45, 7) is 5.22. The first-order valence-corrected chi connectivity index (χ1v) is 11.9. The Morgan fingerprint density at radius 2 is 2.11 bits per heavy atom. The number of carbonyl (C=O) groups excluding carboxylic acids is 1. The molecule has 2 aromatic heterocycles. The zero-order valence-corrected chi connectivity index (χ0v) is 20.2. The normalized spacial score (nSPS) is 20.5. The number of piperidine rings is 1. The minimum absolute atomic E-state index is 0.0219. The summed E-state index contributed by atoms with van der Waals surface area (Å²) in [5.41, 5.74) is 3.85. The van der Waals surface area contributed by atoms with Crippen molar-refractivity contribution in [1.29, 1.82) is 0 Å². The third-order valence-corrected chi connectivity index (χ3v) is 7.22. The fourth-order valence-corrected chi connectivity index (χ4v) is 4.91. The fraction of sp³-hybridized carbons (Fsp3) is 0.458. The van der Waals surface area contributed by atoms with Crippen LogP contribution < -0.4 is 4.74 Å². The van der Waals surface area contributed by atoms with Gasteiger partial charge in [-0.15, -0.1) is 0 Å². The SMILES string of the molecule is Cc1nc2c3c(nn2c(C)c1Cl)CN(C(=O)c1ccc(F)cc1O[C@@H]1CCN(CCO)C[C@H]1F)C3. The molecule has 0 aliphatic carbocycles. The number of carbonyl (C=O) groups is 1. The number of aryl methyl sites for hydroxylation is 2. The van der Waals surface area contributed by atoms with E-state index in [0.717, 1.165) is 23.0 Å². The Balaban J connectivity index is 1.37. The van der Waals surface area contributed by atoms with E-state index in [1.54, 1.807) is 9.42 Å². The van der Waals surface area contributed by atoms with Gasteiger partial charge in [-0.2, -0.15) is 5.10 Å². The van der Waals surface area contributed by atoms with Crippen LogP contribution in [0.3, 0.4) is 0 Å². The minimum atomic E-state index is -1.32. The van der Waals surface area contributed by atoms with E-state index in [2.05, 4.69) is 10.1 Å². The van der Waals surface area contributed by atoms with Crippen molar-refractivity contribution in [1.82, 2.24) is 24.4 Å². The van der Waals surface area contributed by atoms with Gasteiger partial charge in [0.2, 0.25) is 0 Å². The van der Waals surface area contributed by atoms with Gasteiger partial charge in [0.25, 0.3) is 5.91 Å². The standard InChI is InChI=1S/C24H26ClF2N5O3/c1-13-22(25)14(2)32-23(28-13)17-10-31(12-19(17)29-32)24(34)16-4-3-15(26)9-21(16)35-20-5-6-30(7-8-33)11-18(20)27/h3-4,9,18,20,33H,5-8,10-12H2,1-2H3/t18-,20-/m1/s1. The van der Waals surface area contributed by atoms with Gasteiger partial charge in [-0.3, -0.25) is 9.69 Å². The van der Waals surface area contributed by atoms with Gasteiger partial charge >= 0.3 is 0 Å². The second-order valence-corrected chi connectivity index (χ2v) is 9.42. The lowest BCUT2D eigenvalue weighted by Crippen LogP contribution is -2.47. The molecule has 1 N–H and O–H groups in total. The van der Waals surface area contributed by atoms with Crippen molar-refractivity contribution >= 4 is 23.2 Å². The van der Waals surface area contributed by atoms with Crippen LogP contribution in [0.15, 0.2) is 18.2 Å². The number of nitrogens with zero attached hydrogens (tertiary/aromatic N) is 5. The number of halogens is 3. The lowest BCUT2D eigenvalue weighted by atomic mass is 10.1. The summed E-state index contributed by atoms with van der Waals surface area (Å²) in [6.07, 6.45) is -1.77. The van der Waals surface area contributed by atoms with Crippen LogP contribution in [-0.2, 0) is 13.1 Å². The second-order valence-electron chi connectivity index (χ2n) is 9.04. The zero-order valence-electron chi connectivity index (χ0n) is 19.5. The van der Waals surface area contributed by atoms with Crippen molar-refractivity contribution in [3.8, 4) is 5.75 Å². The van der Waals surface area contributed by atoms with E-state index in [4.69, 9.17) is 21.4 Å². The molecule has 2 aliphatic rings. The average Bonchev–Trinajstić information content (AvgIpc) is 3.38.